The van der Waals surface area contributed by atoms with E-state index in [0.29, 0.717) is 0 Å². The molecule has 2 aromatic rings. The fraction of sp³-hybridized carbons (Fsp3) is 0.438. The van der Waals surface area contributed by atoms with Crippen molar-refractivity contribution >= 4 is 0 Å². The molecule has 3 rings (SSSR count). The van der Waals surface area contributed by atoms with Crippen LogP contribution < -0.4 is 5.73 Å². The summed E-state index contributed by atoms with van der Waals surface area (Å²) >= 11 is 0. The zero-order valence-corrected chi connectivity index (χ0v) is 12.0. The minimum Gasteiger partial charge on any atom is -0.323 e. The van der Waals surface area contributed by atoms with Crippen LogP contribution in [0.3, 0.4) is 0 Å². The number of aryl methyl sites for hydroxylation is 2. The average molecular weight is 255 g/mol. The molecule has 3 nitrogen and oxygen atoms in total. The molecule has 1 aliphatic carbocycles. The van der Waals surface area contributed by atoms with E-state index in [0.717, 1.165) is 17.8 Å². The molecule has 0 bridgehead atoms. The third-order valence-electron chi connectivity index (χ3n) is 4.42. The number of aromatic nitrogens is 2. The van der Waals surface area contributed by atoms with E-state index >= 15 is 0 Å². The molecular formula is C16H21N3. The lowest BCUT2D eigenvalue weighted by Gasteiger charge is -2.23. The minimum atomic E-state index is 0.120. The van der Waals surface area contributed by atoms with Gasteiger partial charge in [0.05, 0.1) is 5.69 Å². The third-order valence-corrected chi connectivity index (χ3v) is 4.42. The van der Waals surface area contributed by atoms with Gasteiger partial charge < -0.3 is 5.73 Å². The lowest BCUT2D eigenvalue weighted by atomic mass is 9.86. The maximum Gasteiger partial charge on any atom is 0.0672 e. The molecule has 1 aromatic carbocycles. The van der Waals surface area contributed by atoms with Gasteiger partial charge >= 0.3 is 0 Å². The Balaban J connectivity index is 2.23. The standard InChI is InChI=1S/C16H21N3/c1-9-14(10(2)19-18-9)11-6-5-7-12-13(11)8-16(3,4)15(12)17/h5-7,15H,8,17H2,1-4H3,(H,18,19). The molecule has 1 aromatic heterocycles. The first-order valence-electron chi connectivity index (χ1n) is 6.81. The van der Waals surface area contributed by atoms with Gasteiger partial charge in [0.15, 0.2) is 0 Å². The van der Waals surface area contributed by atoms with Gasteiger partial charge in [0.1, 0.15) is 0 Å². The molecule has 0 fully saturated rings. The highest BCUT2D eigenvalue weighted by molar-refractivity contribution is 5.74. The monoisotopic (exact) mass is 255 g/mol. The number of hydrogen-bond donors (Lipinski definition) is 2. The van der Waals surface area contributed by atoms with Crippen molar-refractivity contribution < 1.29 is 0 Å². The van der Waals surface area contributed by atoms with E-state index in [1.807, 2.05) is 0 Å². The molecule has 0 spiro atoms. The molecular weight excluding hydrogens is 234 g/mol. The Morgan fingerprint density at radius 2 is 2.05 bits per heavy atom. The first kappa shape index (κ1) is 12.4. The van der Waals surface area contributed by atoms with Gasteiger partial charge in [-0.1, -0.05) is 32.0 Å². The van der Waals surface area contributed by atoms with E-state index in [2.05, 4.69) is 56.1 Å². The summed E-state index contributed by atoms with van der Waals surface area (Å²) in [7, 11) is 0. The first-order chi connectivity index (χ1) is 8.92. The van der Waals surface area contributed by atoms with E-state index in [9.17, 15) is 0 Å². The molecule has 1 heterocycles. The molecule has 0 radical (unpaired) electrons. The molecule has 1 atom stereocenters. The summed E-state index contributed by atoms with van der Waals surface area (Å²) in [6, 6.07) is 6.59. The van der Waals surface area contributed by atoms with Crippen LogP contribution in [0.25, 0.3) is 11.1 Å². The quantitative estimate of drug-likeness (QED) is 0.821. The SMILES string of the molecule is Cc1n[nH]c(C)c1-c1cccc2c1CC(C)(C)C2N. The van der Waals surface area contributed by atoms with E-state index in [4.69, 9.17) is 5.73 Å². The number of benzene rings is 1. The van der Waals surface area contributed by atoms with Gasteiger partial charge in [-0.3, -0.25) is 5.10 Å². The smallest absolute Gasteiger partial charge is 0.0672 e. The topological polar surface area (TPSA) is 54.7 Å². The van der Waals surface area contributed by atoms with Crippen LogP contribution in [0.2, 0.25) is 0 Å². The van der Waals surface area contributed by atoms with Gasteiger partial charge in [0, 0.05) is 17.3 Å². The van der Waals surface area contributed by atoms with Crippen molar-refractivity contribution in [3.63, 3.8) is 0 Å². The van der Waals surface area contributed by atoms with E-state index in [1.54, 1.807) is 0 Å². The van der Waals surface area contributed by atoms with Crippen molar-refractivity contribution in [3.05, 3.63) is 40.7 Å². The summed E-state index contributed by atoms with van der Waals surface area (Å²) in [4.78, 5) is 0. The maximum atomic E-state index is 6.40. The summed E-state index contributed by atoms with van der Waals surface area (Å²) in [5, 5.41) is 7.39. The van der Waals surface area contributed by atoms with Gasteiger partial charge in [-0.05, 0) is 42.4 Å². The van der Waals surface area contributed by atoms with Crippen LogP contribution in [0.4, 0.5) is 0 Å². The number of fused-ring (bicyclic) bond motifs is 1. The van der Waals surface area contributed by atoms with Crippen LogP contribution in [0, 0.1) is 19.3 Å². The van der Waals surface area contributed by atoms with Crippen molar-refractivity contribution in [2.24, 2.45) is 11.1 Å². The van der Waals surface area contributed by atoms with Crippen LogP contribution >= 0.6 is 0 Å². The molecule has 19 heavy (non-hydrogen) atoms. The average Bonchev–Trinajstić information content (AvgIpc) is 2.79. The zero-order chi connectivity index (χ0) is 13.8. The lowest BCUT2D eigenvalue weighted by Crippen LogP contribution is -2.24. The Hall–Kier alpha value is -1.61. The first-order valence-corrected chi connectivity index (χ1v) is 6.81. The van der Waals surface area contributed by atoms with Gasteiger partial charge in [0.2, 0.25) is 0 Å². The van der Waals surface area contributed by atoms with Crippen molar-refractivity contribution in [2.45, 2.75) is 40.2 Å². The van der Waals surface area contributed by atoms with Gasteiger partial charge in [0.25, 0.3) is 0 Å². The number of H-pyrrole nitrogens is 1. The molecule has 0 aliphatic heterocycles. The Kier molecular flexibility index (Phi) is 2.58. The number of hydrogen-bond acceptors (Lipinski definition) is 2. The van der Waals surface area contributed by atoms with Gasteiger partial charge in [-0.15, -0.1) is 0 Å². The summed E-state index contributed by atoms with van der Waals surface area (Å²) < 4.78 is 0. The highest BCUT2D eigenvalue weighted by Crippen LogP contribution is 2.47. The molecule has 0 saturated heterocycles. The van der Waals surface area contributed by atoms with Crippen molar-refractivity contribution in [2.75, 3.05) is 0 Å². The van der Waals surface area contributed by atoms with Crippen molar-refractivity contribution in [3.8, 4) is 11.1 Å². The normalized spacial score (nSPS) is 20.6. The van der Waals surface area contributed by atoms with Gasteiger partial charge in [-0.2, -0.15) is 5.10 Å². The minimum absolute atomic E-state index is 0.120. The molecule has 3 N–H and O–H groups in total. The molecule has 0 amide bonds. The highest BCUT2D eigenvalue weighted by atomic mass is 15.1. The van der Waals surface area contributed by atoms with E-state index in [-0.39, 0.29) is 11.5 Å². The summed E-state index contributed by atoms with van der Waals surface area (Å²) in [6.45, 7) is 8.63. The molecule has 3 heteroatoms. The third kappa shape index (κ3) is 1.72. The Morgan fingerprint density at radius 3 is 2.68 bits per heavy atom. The lowest BCUT2D eigenvalue weighted by molar-refractivity contribution is 0.319. The molecule has 1 unspecified atom stereocenters. The van der Waals surface area contributed by atoms with Crippen molar-refractivity contribution in [1.82, 2.24) is 10.2 Å². The maximum absolute atomic E-state index is 6.40. The van der Waals surface area contributed by atoms with Gasteiger partial charge in [-0.25, -0.2) is 0 Å². The fourth-order valence-corrected chi connectivity index (χ4v) is 3.26. The van der Waals surface area contributed by atoms with Crippen molar-refractivity contribution in [1.29, 1.82) is 0 Å². The number of nitrogens with two attached hydrogens (primary N) is 1. The number of aromatic amines is 1. The van der Waals surface area contributed by atoms with Crippen LogP contribution in [0.15, 0.2) is 18.2 Å². The molecule has 0 saturated carbocycles. The highest BCUT2D eigenvalue weighted by Gasteiger charge is 2.38. The predicted octanol–water partition coefficient (Wildman–Crippen LogP) is 3.28. The number of nitrogens with zero attached hydrogens (tertiary/aromatic N) is 1. The summed E-state index contributed by atoms with van der Waals surface area (Å²) in [5.74, 6) is 0. The predicted molar refractivity (Wildman–Crippen MR) is 77.9 cm³/mol. The van der Waals surface area contributed by atoms with Crippen LogP contribution in [0.5, 0.6) is 0 Å². The Morgan fingerprint density at radius 1 is 1.32 bits per heavy atom. The second-order valence-corrected chi connectivity index (χ2v) is 6.33. The second-order valence-electron chi connectivity index (χ2n) is 6.33. The van der Waals surface area contributed by atoms with E-state index < -0.39 is 0 Å². The summed E-state index contributed by atoms with van der Waals surface area (Å²) in [5.41, 5.74) is 13.9. The Bertz CT molecular complexity index is 618. The van der Waals surface area contributed by atoms with Crippen LogP contribution in [0.1, 0.15) is 42.4 Å². The number of rotatable bonds is 1. The summed E-state index contributed by atoms with van der Waals surface area (Å²) in [6.07, 6.45) is 1.03. The second kappa shape index (κ2) is 3.94. The molecule has 100 valence electrons. The van der Waals surface area contributed by atoms with E-state index in [1.165, 1.54) is 22.3 Å². The Labute approximate surface area is 114 Å². The fourth-order valence-electron chi connectivity index (χ4n) is 3.26. The molecule has 1 aliphatic rings. The largest absolute Gasteiger partial charge is 0.323 e. The zero-order valence-electron chi connectivity index (χ0n) is 12.0. The number of nitrogens with one attached hydrogen (secondary N) is 1. The van der Waals surface area contributed by atoms with Crippen LogP contribution in [-0.4, -0.2) is 10.2 Å². The van der Waals surface area contributed by atoms with Crippen LogP contribution in [-0.2, 0) is 6.42 Å².